The molecule has 29 heavy (non-hydrogen) atoms. The number of morpholine rings is 1. The molecule has 2 saturated heterocycles. The lowest BCUT2D eigenvalue weighted by molar-refractivity contribution is -0.131. The fraction of sp³-hybridized carbons (Fsp3) is 0.364. The number of aliphatic hydroxyl groups excluding tert-OH is 1. The number of rotatable bonds is 6. The van der Waals surface area contributed by atoms with Gasteiger partial charge in [0.15, 0.2) is 5.54 Å². The van der Waals surface area contributed by atoms with Crippen LogP contribution in [0.4, 0.5) is 4.79 Å². The average molecular weight is 395 g/mol. The molecule has 0 spiro atoms. The molecule has 2 aliphatic heterocycles. The van der Waals surface area contributed by atoms with Crippen molar-refractivity contribution in [2.75, 3.05) is 39.4 Å². The molecule has 0 bridgehead atoms. The number of amides is 3. The number of aliphatic hydroxyl groups is 1. The number of hydrogen-bond donors (Lipinski definition) is 2. The van der Waals surface area contributed by atoms with Crippen LogP contribution in [0.3, 0.4) is 0 Å². The van der Waals surface area contributed by atoms with Crippen LogP contribution in [0.2, 0.25) is 0 Å². The zero-order valence-electron chi connectivity index (χ0n) is 16.2. The van der Waals surface area contributed by atoms with Gasteiger partial charge in [0.1, 0.15) is 0 Å². The van der Waals surface area contributed by atoms with Crippen molar-refractivity contribution in [1.82, 2.24) is 15.1 Å². The number of benzene rings is 2. The number of urea groups is 1. The highest BCUT2D eigenvalue weighted by Crippen LogP contribution is 2.36. The van der Waals surface area contributed by atoms with Crippen molar-refractivity contribution in [3.63, 3.8) is 0 Å². The van der Waals surface area contributed by atoms with Crippen LogP contribution in [-0.2, 0) is 15.1 Å². The van der Waals surface area contributed by atoms with E-state index >= 15 is 0 Å². The molecule has 7 heteroatoms. The summed E-state index contributed by atoms with van der Waals surface area (Å²) >= 11 is 0. The predicted molar refractivity (Wildman–Crippen MR) is 107 cm³/mol. The van der Waals surface area contributed by atoms with Gasteiger partial charge in [-0.1, -0.05) is 60.7 Å². The summed E-state index contributed by atoms with van der Waals surface area (Å²) in [6.45, 7) is 3.06. The monoisotopic (exact) mass is 395 g/mol. The number of ether oxygens (including phenoxy) is 1. The molecule has 7 nitrogen and oxygen atoms in total. The Morgan fingerprint density at radius 2 is 1.48 bits per heavy atom. The van der Waals surface area contributed by atoms with Gasteiger partial charge in [0, 0.05) is 19.6 Å². The minimum Gasteiger partial charge on any atom is -0.390 e. The van der Waals surface area contributed by atoms with E-state index in [-0.39, 0.29) is 12.5 Å². The molecule has 2 N–H and O–H groups in total. The summed E-state index contributed by atoms with van der Waals surface area (Å²) in [5, 5.41) is 13.5. The van der Waals surface area contributed by atoms with Crippen molar-refractivity contribution in [3.8, 4) is 0 Å². The predicted octanol–water partition coefficient (Wildman–Crippen LogP) is 1.18. The van der Waals surface area contributed by atoms with E-state index in [2.05, 4.69) is 10.2 Å². The van der Waals surface area contributed by atoms with Gasteiger partial charge < -0.3 is 15.2 Å². The van der Waals surface area contributed by atoms with E-state index in [1.165, 1.54) is 0 Å². The molecule has 2 heterocycles. The van der Waals surface area contributed by atoms with E-state index in [9.17, 15) is 14.7 Å². The van der Waals surface area contributed by atoms with E-state index in [0.29, 0.717) is 30.9 Å². The Labute approximate surface area is 169 Å². The Balaban J connectivity index is 1.60. The lowest BCUT2D eigenvalue weighted by Crippen LogP contribution is -2.47. The summed E-state index contributed by atoms with van der Waals surface area (Å²) in [6.07, 6.45) is -0.829. The van der Waals surface area contributed by atoms with Crippen LogP contribution in [0.1, 0.15) is 11.1 Å². The maximum Gasteiger partial charge on any atom is 0.325 e. The van der Waals surface area contributed by atoms with Crippen LogP contribution in [-0.4, -0.2) is 72.3 Å². The van der Waals surface area contributed by atoms with Crippen molar-refractivity contribution in [2.45, 2.75) is 11.6 Å². The summed E-state index contributed by atoms with van der Waals surface area (Å²) in [6, 6.07) is 17.9. The summed E-state index contributed by atoms with van der Waals surface area (Å²) in [5.41, 5.74) is 0.0857. The van der Waals surface area contributed by atoms with Gasteiger partial charge in [0.2, 0.25) is 0 Å². The number of carbonyl (C=O) groups excluding carboxylic acids is 2. The average Bonchev–Trinajstić information content (AvgIpc) is 3.01. The second-order valence-corrected chi connectivity index (χ2v) is 7.39. The van der Waals surface area contributed by atoms with E-state index in [4.69, 9.17) is 4.74 Å². The van der Waals surface area contributed by atoms with Crippen molar-refractivity contribution < 1.29 is 19.4 Å². The quantitative estimate of drug-likeness (QED) is 0.718. The van der Waals surface area contributed by atoms with Crippen molar-refractivity contribution in [1.29, 1.82) is 0 Å². The summed E-state index contributed by atoms with van der Waals surface area (Å²) in [4.78, 5) is 29.6. The van der Waals surface area contributed by atoms with Gasteiger partial charge in [0.05, 0.1) is 25.9 Å². The number of carbonyl (C=O) groups is 2. The maximum atomic E-state index is 13.6. The van der Waals surface area contributed by atoms with E-state index in [1.807, 2.05) is 60.7 Å². The topological polar surface area (TPSA) is 82.1 Å². The zero-order valence-corrected chi connectivity index (χ0v) is 16.2. The SMILES string of the molecule is O=C1NC(c2ccccc2)(c2ccccc2)C(=O)N1C[C@H](O)CN1CCOCC1. The lowest BCUT2D eigenvalue weighted by Gasteiger charge is -2.30. The minimum atomic E-state index is -1.29. The molecule has 2 aromatic carbocycles. The molecule has 2 fully saturated rings. The first-order valence-corrected chi connectivity index (χ1v) is 9.84. The second kappa shape index (κ2) is 8.32. The first-order chi connectivity index (χ1) is 14.1. The molecule has 0 aliphatic carbocycles. The number of nitrogens with one attached hydrogen (secondary N) is 1. The summed E-state index contributed by atoms with van der Waals surface area (Å²) in [5.74, 6) is -0.374. The molecule has 1 atom stereocenters. The van der Waals surface area contributed by atoms with Gasteiger partial charge in [0.25, 0.3) is 5.91 Å². The van der Waals surface area contributed by atoms with E-state index < -0.39 is 17.7 Å². The third kappa shape index (κ3) is 3.76. The molecule has 2 aliphatic rings. The molecule has 0 unspecified atom stereocenters. The molecule has 2 aromatic rings. The normalized spacial score (nSPS) is 20.5. The first-order valence-electron chi connectivity index (χ1n) is 9.84. The molecule has 4 rings (SSSR count). The molecular formula is C22H25N3O4. The number of nitrogens with zero attached hydrogens (tertiary/aromatic N) is 2. The van der Waals surface area contributed by atoms with Crippen LogP contribution in [0.15, 0.2) is 60.7 Å². The first kappa shape index (κ1) is 19.6. The van der Waals surface area contributed by atoms with Gasteiger partial charge >= 0.3 is 6.03 Å². The fourth-order valence-electron chi connectivity index (χ4n) is 4.03. The van der Waals surface area contributed by atoms with Crippen molar-refractivity contribution >= 4 is 11.9 Å². The highest BCUT2D eigenvalue weighted by Gasteiger charge is 2.53. The Kier molecular flexibility index (Phi) is 5.62. The largest absolute Gasteiger partial charge is 0.390 e. The molecule has 152 valence electrons. The third-order valence-corrected chi connectivity index (χ3v) is 5.49. The lowest BCUT2D eigenvalue weighted by atomic mass is 9.82. The van der Waals surface area contributed by atoms with Crippen LogP contribution in [0.5, 0.6) is 0 Å². The Morgan fingerprint density at radius 3 is 2.03 bits per heavy atom. The summed E-state index contributed by atoms with van der Waals surface area (Å²) in [7, 11) is 0. The Morgan fingerprint density at radius 1 is 0.931 bits per heavy atom. The standard InChI is InChI=1S/C22H25N3O4/c26-19(15-24-11-13-29-14-12-24)16-25-20(27)22(23-21(25)28,17-7-3-1-4-8-17)18-9-5-2-6-10-18/h1-10,19,26H,11-16H2,(H,23,28)/t19-/m1/s1. The Hall–Kier alpha value is -2.74. The second-order valence-electron chi connectivity index (χ2n) is 7.39. The van der Waals surface area contributed by atoms with Gasteiger partial charge in [-0.25, -0.2) is 4.79 Å². The molecule has 0 radical (unpaired) electrons. The van der Waals surface area contributed by atoms with E-state index in [0.717, 1.165) is 18.0 Å². The molecule has 0 saturated carbocycles. The fourth-order valence-corrected chi connectivity index (χ4v) is 4.03. The van der Waals surface area contributed by atoms with Crippen molar-refractivity contribution in [3.05, 3.63) is 71.8 Å². The van der Waals surface area contributed by atoms with Gasteiger partial charge in [-0.3, -0.25) is 14.6 Å². The van der Waals surface area contributed by atoms with Gasteiger partial charge in [-0.15, -0.1) is 0 Å². The Bertz CT molecular complexity index is 813. The number of hydrogen-bond acceptors (Lipinski definition) is 5. The van der Waals surface area contributed by atoms with Crippen molar-refractivity contribution in [2.24, 2.45) is 0 Å². The van der Waals surface area contributed by atoms with Crippen LogP contribution >= 0.6 is 0 Å². The number of imide groups is 1. The van der Waals surface area contributed by atoms with Crippen LogP contribution in [0, 0.1) is 0 Å². The summed E-state index contributed by atoms with van der Waals surface area (Å²) < 4.78 is 5.32. The van der Waals surface area contributed by atoms with Crippen LogP contribution < -0.4 is 5.32 Å². The van der Waals surface area contributed by atoms with E-state index in [1.54, 1.807) is 0 Å². The third-order valence-electron chi connectivity index (χ3n) is 5.49. The highest BCUT2D eigenvalue weighted by atomic mass is 16.5. The minimum absolute atomic E-state index is 0.0521. The highest BCUT2D eigenvalue weighted by molar-refractivity contribution is 6.09. The molecule has 3 amide bonds. The smallest absolute Gasteiger partial charge is 0.325 e. The van der Waals surface area contributed by atoms with Gasteiger partial charge in [-0.05, 0) is 11.1 Å². The maximum absolute atomic E-state index is 13.6. The number of β-amino-alcohol motifs (C(OH)–C–C–N with tert-alkyl or cyclic N) is 1. The zero-order chi connectivity index (χ0) is 20.3. The van der Waals surface area contributed by atoms with Gasteiger partial charge in [-0.2, -0.15) is 0 Å². The molecular weight excluding hydrogens is 370 g/mol. The van der Waals surface area contributed by atoms with Crippen LogP contribution in [0.25, 0.3) is 0 Å². The molecule has 0 aromatic heterocycles.